The summed E-state index contributed by atoms with van der Waals surface area (Å²) >= 11 is 1.18. The van der Waals surface area contributed by atoms with Crippen LogP contribution in [0, 0.1) is 5.92 Å². The van der Waals surface area contributed by atoms with E-state index in [2.05, 4.69) is 17.6 Å². The lowest BCUT2D eigenvalue weighted by molar-refractivity contribution is 0.0533. The second kappa shape index (κ2) is 6.34. The fourth-order valence-corrected chi connectivity index (χ4v) is 3.27. The molecule has 0 aliphatic heterocycles. The van der Waals surface area contributed by atoms with Gasteiger partial charge < -0.3 is 21.1 Å². The fraction of sp³-hybridized carbons (Fsp3) is 0.571. The third-order valence-electron chi connectivity index (χ3n) is 3.55. The molecule has 0 spiro atoms. The zero-order valence-electron chi connectivity index (χ0n) is 12.5. The van der Waals surface area contributed by atoms with Gasteiger partial charge in [-0.1, -0.05) is 0 Å². The van der Waals surface area contributed by atoms with Gasteiger partial charge in [-0.25, -0.2) is 4.79 Å². The number of ether oxygens (including phenoxy) is 1. The Kier molecular flexibility index (Phi) is 4.72. The van der Waals surface area contributed by atoms with Gasteiger partial charge in [0.25, 0.3) is 5.91 Å². The predicted molar refractivity (Wildman–Crippen MR) is 83.9 cm³/mol. The van der Waals surface area contributed by atoms with Crippen LogP contribution in [0.15, 0.2) is 0 Å². The Bertz CT molecular complexity index is 552. The topological polar surface area (TPSA) is 93.4 Å². The lowest BCUT2D eigenvalue weighted by atomic mass is 10.2. The van der Waals surface area contributed by atoms with Crippen LogP contribution in [0.25, 0.3) is 0 Å². The monoisotopic (exact) mass is 311 g/mol. The van der Waals surface area contributed by atoms with Gasteiger partial charge in [0.2, 0.25) is 0 Å². The number of hydrogen-bond donors (Lipinski definition) is 3. The van der Waals surface area contributed by atoms with Crippen molar-refractivity contribution in [3.05, 3.63) is 10.4 Å². The van der Waals surface area contributed by atoms with Crippen LogP contribution >= 0.6 is 11.3 Å². The zero-order chi connectivity index (χ0) is 15.6. The van der Waals surface area contributed by atoms with Crippen molar-refractivity contribution in [1.82, 2.24) is 5.32 Å². The van der Waals surface area contributed by atoms with Crippen molar-refractivity contribution >= 4 is 33.9 Å². The van der Waals surface area contributed by atoms with E-state index in [0.717, 1.165) is 0 Å². The van der Waals surface area contributed by atoms with Crippen LogP contribution in [0.3, 0.4) is 0 Å². The number of anilines is 2. The van der Waals surface area contributed by atoms with Gasteiger partial charge in [-0.15, -0.1) is 11.3 Å². The Morgan fingerprint density at radius 3 is 2.67 bits per heavy atom. The molecule has 1 atom stereocenters. The van der Waals surface area contributed by atoms with Crippen molar-refractivity contribution in [2.75, 3.05) is 24.7 Å². The van der Waals surface area contributed by atoms with Crippen LogP contribution in [0.1, 0.15) is 46.7 Å². The number of nitrogen functional groups attached to an aromatic ring is 1. The largest absolute Gasteiger partial charge is 0.462 e. The van der Waals surface area contributed by atoms with Gasteiger partial charge in [0.15, 0.2) is 0 Å². The van der Waals surface area contributed by atoms with E-state index in [1.54, 1.807) is 6.92 Å². The summed E-state index contributed by atoms with van der Waals surface area (Å²) in [6.45, 7) is 4.08. The molecule has 1 saturated carbocycles. The lowest BCUT2D eigenvalue weighted by Gasteiger charge is -2.14. The van der Waals surface area contributed by atoms with Gasteiger partial charge in [-0.2, -0.15) is 0 Å². The number of nitrogens with two attached hydrogens (primary N) is 1. The molecule has 6 nitrogen and oxygen atoms in total. The molecule has 1 heterocycles. The molecule has 1 aromatic heterocycles. The first-order valence-corrected chi connectivity index (χ1v) is 7.89. The van der Waals surface area contributed by atoms with E-state index in [0.29, 0.717) is 16.5 Å². The Labute approximate surface area is 128 Å². The average Bonchev–Trinajstić information content (AvgIpc) is 3.24. The highest BCUT2D eigenvalue weighted by Crippen LogP contribution is 2.40. The molecule has 2 rings (SSSR count). The molecule has 1 aromatic rings. The summed E-state index contributed by atoms with van der Waals surface area (Å²) in [5, 5.41) is 6.51. The molecule has 0 radical (unpaired) electrons. The van der Waals surface area contributed by atoms with Crippen LogP contribution in [0.5, 0.6) is 0 Å². The van der Waals surface area contributed by atoms with Crippen LogP contribution in [0.4, 0.5) is 10.7 Å². The van der Waals surface area contributed by atoms with Crippen molar-refractivity contribution in [3.8, 4) is 0 Å². The highest BCUT2D eigenvalue weighted by molar-refractivity contribution is 7.19. The molecule has 1 aliphatic rings. The van der Waals surface area contributed by atoms with Crippen molar-refractivity contribution < 1.29 is 14.3 Å². The number of thiophene rings is 1. The molecule has 7 heteroatoms. The Morgan fingerprint density at radius 2 is 2.14 bits per heavy atom. The summed E-state index contributed by atoms with van der Waals surface area (Å²) < 4.78 is 4.99. The summed E-state index contributed by atoms with van der Waals surface area (Å²) in [6.07, 6.45) is 2.38. The first-order valence-electron chi connectivity index (χ1n) is 7.07. The van der Waals surface area contributed by atoms with Gasteiger partial charge in [0.05, 0.1) is 17.9 Å². The van der Waals surface area contributed by atoms with Crippen molar-refractivity contribution in [1.29, 1.82) is 0 Å². The molecule has 1 fully saturated rings. The highest BCUT2D eigenvalue weighted by atomic mass is 32.1. The minimum absolute atomic E-state index is 0.184. The van der Waals surface area contributed by atoms with Gasteiger partial charge in [0.1, 0.15) is 9.88 Å². The molecule has 4 N–H and O–H groups in total. The summed E-state index contributed by atoms with van der Waals surface area (Å²) in [6, 6.07) is 0.251. The Balaban J connectivity index is 2.33. The third-order valence-corrected chi connectivity index (χ3v) is 4.66. The van der Waals surface area contributed by atoms with Crippen LogP contribution in [-0.2, 0) is 4.74 Å². The maximum Gasteiger partial charge on any atom is 0.350 e. The minimum atomic E-state index is -0.489. The summed E-state index contributed by atoms with van der Waals surface area (Å²) in [4.78, 5) is 24.2. The minimum Gasteiger partial charge on any atom is -0.462 e. The second-order valence-electron chi connectivity index (χ2n) is 5.12. The van der Waals surface area contributed by atoms with Crippen LogP contribution in [-0.4, -0.2) is 31.6 Å². The molecule has 0 saturated heterocycles. The predicted octanol–water partition coefficient (Wildman–Crippen LogP) is 2.08. The molecule has 21 heavy (non-hydrogen) atoms. The van der Waals surface area contributed by atoms with E-state index >= 15 is 0 Å². The normalized spacial score (nSPS) is 15.4. The van der Waals surface area contributed by atoms with Gasteiger partial charge in [-0.05, 0) is 32.6 Å². The van der Waals surface area contributed by atoms with Gasteiger partial charge >= 0.3 is 5.97 Å². The first-order chi connectivity index (χ1) is 9.99. The second-order valence-corrected chi connectivity index (χ2v) is 6.14. The molecular weight excluding hydrogens is 290 g/mol. The number of carbonyl (C=O) groups excluding carboxylic acids is 2. The van der Waals surface area contributed by atoms with E-state index in [1.807, 2.05) is 0 Å². The number of esters is 1. The molecule has 1 unspecified atom stereocenters. The van der Waals surface area contributed by atoms with E-state index in [9.17, 15) is 9.59 Å². The highest BCUT2D eigenvalue weighted by Gasteiger charge is 2.31. The molecule has 0 bridgehead atoms. The van der Waals surface area contributed by atoms with E-state index in [1.165, 1.54) is 31.2 Å². The Morgan fingerprint density at radius 1 is 1.48 bits per heavy atom. The number of carbonyl (C=O) groups is 2. The SMILES string of the molecule is CCOC(=O)c1sc(NC(C)C2CC2)c(C(=O)NC)c1N. The average molecular weight is 311 g/mol. The number of nitrogens with one attached hydrogen (secondary N) is 2. The first kappa shape index (κ1) is 15.6. The lowest BCUT2D eigenvalue weighted by Crippen LogP contribution is -2.23. The molecule has 1 amide bonds. The number of rotatable bonds is 6. The van der Waals surface area contributed by atoms with E-state index < -0.39 is 5.97 Å². The van der Waals surface area contributed by atoms with Crippen molar-refractivity contribution in [3.63, 3.8) is 0 Å². The third kappa shape index (κ3) is 3.29. The number of hydrogen-bond acceptors (Lipinski definition) is 6. The van der Waals surface area contributed by atoms with Crippen LogP contribution in [0.2, 0.25) is 0 Å². The smallest absolute Gasteiger partial charge is 0.350 e. The quantitative estimate of drug-likeness (QED) is 0.699. The maximum atomic E-state index is 12.0. The molecule has 0 aromatic carbocycles. The van der Waals surface area contributed by atoms with E-state index in [-0.39, 0.29) is 29.1 Å². The Hall–Kier alpha value is -1.76. The number of amides is 1. The molecule has 116 valence electrons. The molecular formula is C14H21N3O3S. The molecule has 1 aliphatic carbocycles. The van der Waals surface area contributed by atoms with Gasteiger partial charge in [0, 0.05) is 13.1 Å². The van der Waals surface area contributed by atoms with Crippen molar-refractivity contribution in [2.45, 2.75) is 32.7 Å². The maximum absolute atomic E-state index is 12.0. The van der Waals surface area contributed by atoms with Gasteiger partial charge in [-0.3, -0.25) is 4.79 Å². The standard InChI is InChI=1S/C14H21N3O3S/c1-4-20-14(19)11-10(15)9(12(18)16-3)13(21-11)17-7(2)8-5-6-8/h7-8,17H,4-6,15H2,1-3H3,(H,16,18). The summed E-state index contributed by atoms with van der Waals surface area (Å²) in [5.41, 5.74) is 6.50. The van der Waals surface area contributed by atoms with E-state index in [4.69, 9.17) is 10.5 Å². The summed E-state index contributed by atoms with van der Waals surface area (Å²) in [5.74, 6) is -0.168. The van der Waals surface area contributed by atoms with Crippen LogP contribution < -0.4 is 16.4 Å². The van der Waals surface area contributed by atoms with Crippen molar-refractivity contribution in [2.24, 2.45) is 5.92 Å². The fourth-order valence-electron chi connectivity index (χ4n) is 2.17. The zero-order valence-corrected chi connectivity index (χ0v) is 13.3. The summed E-state index contributed by atoms with van der Waals surface area (Å²) in [7, 11) is 1.54.